The summed E-state index contributed by atoms with van der Waals surface area (Å²) in [7, 11) is 1.29. The first kappa shape index (κ1) is 21.9. The molecule has 0 fully saturated rings. The smallest absolute Gasteiger partial charge is 0.342 e. The van der Waals surface area contributed by atoms with Crippen molar-refractivity contribution in [2.45, 2.75) is 32.1 Å². The maximum atomic E-state index is 12.1. The quantitative estimate of drug-likeness (QED) is 0.293. The van der Waals surface area contributed by atoms with Gasteiger partial charge in [-0.05, 0) is 38.2 Å². The molecule has 1 aromatic carbocycles. The molecule has 2 N–H and O–H groups in total. The first-order chi connectivity index (χ1) is 13.9. The van der Waals surface area contributed by atoms with Crippen LogP contribution < -0.4 is 15.4 Å². The Bertz CT molecular complexity index is 820. The average Bonchev–Trinajstić information content (AvgIpc) is 2.72. The molecular formula is C19H23N3O7. The predicted octanol–water partition coefficient (Wildman–Crippen LogP) is 2.48. The van der Waals surface area contributed by atoms with Crippen LogP contribution in [0.15, 0.2) is 29.8 Å². The predicted molar refractivity (Wildman–Crippen MR) is 103 cm³/mol. The second-order valence-electron chi connectivity index (χ2n) is 6.38. The number of non-ortho nitro benzene ring substituents is 1. The Labute approximate surface area is 167 Å². The lowest BCUT2D eigenvalue weighted by atomic mass is 9.97. The molecule has 10 heteroatoms. The zero-order chi connectivity index (χ0) is 21.2. The Morgan fingerprint density at radius 2 is 2.03 bits per heavy atom. The number of esters is 1. The van der Waals surface area contributed by atoms with E-state index in [-0.39, 0.29) is 17.0 Å². The lowest BCUT2D eigenvalue weighted by Gasteiger charge is -2.13. The number of nitro groups is 1. The van der Waals surface area contributed by atoms with Crippen LogP contribution in [0.1, 0.15) is 42.5 Å². The monoisotopic (exact) mass is 405 g/mol. The minimum atomic E-state index is -0.981. The lowest BCUT2D eigenvalue weighted by Crippen LogP contribution is -2.41. The first-order valence-electron chi connectivity index (χ1n) is 9.16. The maximum Gasteiger partial charge on any atom is 0.342 e. The van der Waals surface area contributed by atoms with E-state index in [0.717, 1.165) is 31.7 Å². The van der Waals surface area contributed by atoms with Crippen molar-refractivity contribution >= 4 is 23.6 Å². The topological polar surface area (TPSA) is 137 Å². The SMILES string of the molecule is COc1ccc([N+](=O)[O-])cc1C(=O)OCC(=O)NC(=O)NCCC1=CCCCC1. The number of carbonyl (C=O) groups excluding carboxylic acids is 3. The van der Waals surface area contributed by atoms with E-state index in [9.17, 15) is 24.5 Å². The number of nitro benzene ring substituents is 1. The molecule has 0 aliphatic heterocycles. The molecule has 0 atom stereocenters. The first-order valence-corrected chi connectivity index (χ1v) is 9.16. The lowest BCUT2D eigenvalue weighted by molar-refractivity contribution is -0.384. The number of allylic oxidation sites excluding steroid dienone is 1. The molecule has 1 aliphatic rings. The second-order valence-corrected chi connectivity index (χ2v) is 6.38. The van der Waals surface area contributed by atoms with Gasteiger partial charge in [0, 0.05) is 18.7 Å². The zero-order valence-corrected chi connectivity index (χ0v) is 16.1. The molecule has 29 heavy (non-hydrogen) atoms. The largest absolute Gasteiger partial charge is 0.496 e. The van der Waals surface area contributed by atoms with Crippen LogP contribution in [0.2, 0.25) is 0 Å². The molecule has 0 unspecified atom stereocenters. The molecule has 0 aromatic heterocycles. The van der Waals surface area contributed by atoms with E-state index in [4.69, 9.17) is 9.47 Å². The standard InChI is InChI=1S/C19H23N3O7/c1-28-16-8-7-14(22(26)27)11-15(16)18(24)29-12-17(23)21-19(25)20-10-9-13-5-3-2-4-6-13/h5,7-8,11H,2-4,6,9-10,12H2,1H3,(H2,20,21,23,25). The van der Waals surface area contributed by atoms with Crippen molar-refractivity contribution in [2.75, 3.05) is 20.3 Å². The fourth-order valence-electron chi connectivity index (χ4n) is 2.85. The highest BCUT2D eigenvalue weighted by atomic mass is 16.6. The van der Waals surface area contributed by atoms with Crippen LogP contribution >= 0.6 is 0 Å². The Morgan fingerprint density at radius 1 is 1.24 bits per heavy atom. The molecule has 2 rings (SSSR count). The van der Waals surface area contributed by atoms with Gasteiger partial charge in [-0.2, -0.15) is 0 Å². The third-order valence-corrected chi connectivity index (χ3v) is 4.32. The Hall–Kier alpha value is -3.43. The number of urea groups is 1. The second kappa shape index (κ2) is 10.8. The molecule has 0 saturated carbocycles. The fourth-order valence-corrected chi connectivity index (χ4v) is 2.85. The summed E-state index contributed by atoms with van der Waals surface area (Å²) in [5.74, 6) is -1.74. The third-order valence-electron chi connectivity index (χ3n) is 4.32. The number of ether oxygens (including phenoxy) is 2. The van der Waals surface area contributed by atoms with Crippen LogP contribution in [0.5, 0.6) is 5.75 Å². The van der Waals surface area contributed by atoms with E-state index >= 15 is 0 Å². The van der Waals surface area contributed by atoms with Crippen LogP contribution in [0, 0.1) is 10.1 Å². The van der Waals surface area contributed by atoms with Crippen LogP contribution in [0.25, 0.3) is 0 Å². The number of benzene rings is 1. The summed E-state index contributed by atoms with van der Waals surface area (Å²) in [6.45, 7) is -0.321. The van der Waals surface area contributed by atoms with Crippen LogP contribution in [0.4, 0.5) is 10.5 Å². The van der Waals surface area contributed by atoms with E-state index < -0.39 is 29.4 Å². The highest BCUT2D eigenvalue weighted by Crippen LogP contribution is 2.24. The van der Waals surface area contributed by atoms with Gasteiger partial charge in [0.05, 0.1) is 12.0 Å². The van der Waals surface area contributed by atoms with Crippen LogP contribution in [-0.2, 0) is 9.53 Å². The number of hydrogen-bond acceptors (Lipinski definition) is 7. The van der Waals surface area contributed by atoms with E-state index in [1.54, 1.807) is 0 Å². The summed E-state index contributed by atoms with van der Waals surface area (Å²) < 4.78 is 9.80. The van der Waals surface area contributed by atoms with Crippen LogP contribution in [0.3, 0.4) is 0 Å². The number of nitrogens with zero attached hydrogens (tertiary/aromatic N) is 1. The maximum absolute atomic E-state index is 12.1. The van der Waals surface area contributed by atoms with Crippen molar-refractivity contribution in [2.24, 2.45) is 0 Å². The molecule has 3 amide bonds. The van der Waals surface area contributed by atoms with Crippen molar-refractivity contribution in [3.8, 4) is 5.75 Å². The normalized spacial score (nSPS) is 13.1. The summed E-state index contributed by atoms with van der Waals surface area (Å²) in [5, 5.41) is 15.5. The van der Waals surface area contributed by atoms with E-state index in [2.05, 4.69) is 16.7 Å². The van der Waals surface area contributed by atoms with Crippen molar-refractivity contribution in [3.63, 3.8) is 0 Å². The van der Waals surface area contributed by atoms with Gasteiger partial charge >= 0.3 is 12.0 Å². The number of methoxy groups -OCH3 is 1. The summed E-state index contributed by atoms with van der Waals surface area (Å²) in [6.07, 6.45) is 7.32. The Morgan fingerprint density at radius 3 is 2.69 bits per heavy atom. The molecule has 0 bridgehead atoms. The van der Waals surface area contributed by atoms with E-state index in [0.29, 0.717) is 6.54 Å². The molecule has 10 nitrogen and oxygen atoms in total. The zero-order valence-electron chi connectivity index (χ0n) is 16.1. The molecule has 1 aromatic rings. The van der Waals surface area contributed by atoms with E-state index in [1.165, 1.54) is 31.2 Å². The van der Waals surface area contributed by atoms with Gasteiger partial charge in [-0.15, -0.1) is 0 Å². The molecule has 0 spiro atoms. The number of amides is 3. The van der Waals surface area contributed by atoms with Gasteiger partial charge in [0.25, 0.3) is 11.6 Å². The molecular weight excluding hydrogens is 382 g/mol. The molecule has 1 aliphatic carbocycles. The van der Waals surface area contributed by atoms with E-state index in [1.807, 2.05) is 0 Å². The van der Waals surface area contributed by atoms with Gasteiger partial charge in [-0.3, -0.25) is 20.2 Å². The van der Waals surface area contributed by atoms with Gasteiger partial charge in [-0.25, -0.2) is 9.59 Å². The van der Waals surface area contributed by atoms with Gasteiger partial charge < -0.3 is 14.8 Å². The summed E-state index contributed by atoms with van der Waals surface area (Å²) in [6, 6.07) is 2.74. The number of carbonyl (C=O) groups is 3. The third kappa shape index (κ3) is 6.91. The van der Waals surface area contributed by atoms with Gasteiger partial charge in [0.2, 0.25) is 0 Å². The van der Waals surface area contributed by atoms with Gasteiger partial charge in [0.15, 0.2) is 6.61 Å². The number of nitrogens with one attached hydrogen (secondary N) is 2. The number of rotatable bonds is 8. The molecule has 0 saturated heterocycles. The highest BCUT2D eigenvalue weighted by molar-refractivity contribution is 5.98. The van der Waals surface area contributed by atoms with Crippen molar-refractivity contribution in [1.29, 1.82) is 0 Å². The summed E-state index contributed by atoms with van der Waals surface area (Å²) in [5.41, 5.74) is 0.775. The minimum Gasteiger partial charge on any atom is -0.496 e. The van der Waals surface area contributed by atoms with Crippen LogP contribution in [-0.4, -0.2) is 43.1 Å². The molecule has 0 radical (unpaired) electrons. The molecule has 156 valence electrons. The van der Waals surface area contributed by atoms with Crippen molar-refractivity contribution in [3.05, 3.63) is 45.5 Å². The molecule has 0 heterocycles. The van der Waals surface area contributed by atoms with Gasteiger partial charge in [-0.1, -0.05) is 11.6 Å². The summed E-state index contributed by atoms with van der Waals surface area (Å²) in [4.78, 5) is 45.8. The van der Waals surface area contributed by atoms with Crippen molar-refractivity contribution in [1.82, 2.24) is 10.6 Å². The minimum absolute atomic E-state index is 0.0655. The highest BCUT2D eigenvalue weighted by Gasteiger charge is 2.20. The average molecular weight is 405 g/mol. The Kier molecular flexibility index (Phi) is 8.13. The summed E-state index contributed by atoms with van der Waals surface area (Å²) >= 11 is 0. The van der Waals surface area contributed by atoms with Crippen molar-refractivity contribution < 1.29 is 28.8 Å². The Balaban J connectivity index is 1.78. The van der Waals surface area contributed by atoms with Gasteiger partial charge in [0.1, 0.15) is 11.3 Å². The number of imide groups is 1. The number of hydrogen-bond donors (Lipinski definition) is 2. The fraction of sp³-hybridized carbons (Fsp3) is 0.421.